The fourth-order valence-corrected chi connectivity index (χ4v) is 1.99. The maximum Gasteiger partial charge on any atom is 0.248 e. The minimum absolute atomic E-state index is 0.124. The van der Waals surface area contributed by atoms with Crippen LogP contribution in [-0.4, -0.2) is 11.0 Å². The molecule has 2 aromatic carbocycles. The van der Waals surface area contributed by atoms with Crippen LogP contribution in [0.15, 0.2) is 54.6 Å². The molecule has 22 heavy (non-hydrogen) atoms. The number of phenols is 1. The number of anilines is 1. The van der Waals surface area contributed by atoms with Crippen molar-refractivity contribution in [3.63, 3.8) is 0 Å². The standard InChI is InChI=1S/C19H21NO2/c1-19(2,3)15-7-4-14(5-8-15)6-13-18(22)20-16-9-11-17(21)12-10-16/h4-13,21H,1-3H3,(H,20,22)/b13-6+. The molecule has 0 unspecified atom stereocenters. The first-order valence-corrected chi connectivity index (χ1v) is 7.23. The molecule has 0 spiro atoms. The van der Waals surface area contributed by atoms with Crippen LogP contribution in [0.25, 0.3) is 6.08 Å². The highest BCUT2D eigenvalue weighted by molar-refractivity contribution is 6.01. The Morgan fingerprint density at radius 3 is 2.14 bits per heavy atom. The smallest absolute Gasteiger partial charge is 0.248 e. The summed E-state index contributed by atoms with van der Waals surface area (Å²) in [6.45, 7) is 6.51. The zero-order chi connectivity index (χ0) is 16.2. The van der Waals surface area contributed by atoms with Crippen molar-refractivity contribution in [1.82, 2.24) is 0 Å². The number of rotatable bonds is 3. The van der Waals surface area contributed by atoms with Gasteiger partial charge in [-0.05, 0) is 46.9 Å². The molecule has 0 fully saturated rings. The van der Waals surface area contributed by atoms with Crippen LogP contribution in [-0.2, 0) is 10.2 Å². The predicted molar refractivity (Wildman–Crippen MR) is 90.9 cm³/mol. The van der Waals surface area contributed by atoms with Gasteiger partial charge in [-0.25, -0.2) is 0 Å². The molecule has 0 aromatic heterocycles. The lowest BCUT2D eigenvalue weighted by Gasteiger charge is -2.18. The van der Waals surface area contributed by atoms with E-state index < -0.39 is 0 Å². The van der Waals surface area contributed by atoms with Gasteiger partial charge in [0.2, 0.25) is 5.91 Å². The van der Waals surface area contributed by atoms with Crippen molar-refractivity contribution in [2.45, 2.75) is 26.2 Å². The van der Waals surface area contributed by atoms with Gasteiger partial charge < -0.3 is 10.4 Å². The maximum absolute atomic E-state index is 11.8. The van der Waals surface area contributed by atoms with E-state index in [0.29, 0.717) is 5.69 Å². The monoisotopic (exact) mass is 295 g/mol. The Kier molecular flexibility index (Phi) is 4.66. The average Bonchev–Trinajstić information content (AvgIpc) is 2.47. The second-order valence-electron chi connectivity index (χ2n) is 6.24. The third-order valence-electron chi connectivity index (χ3n) is 3.34. The molecule has 0 atom stereocenters. The van der Waals surface area contributed by atoms with Crippen LogP contribution >= 0.6 is 0 Å². The van der Waals surface area contributed by atoms with Crippen molar-refractivity contribution in [2.24, 2.45) is 0 Å². The number of amides is 1. The largest absolute Gasteiger partial charge is 0.508 e. The highest BCUT2D eigenvalue weighted by atomic mass is 16.3. The van der Waals surface area contributed by atoms with Crippen LogP contribution in [0.4, 0.5) is 5.69 Å². The van der Waals surface area contributed by atoms with E-state index in [4.69, 9.17) is 0 Å². The fourth-order valence-electron chi connectivity index (χ4n) is 1.99. The lowest BCUT2D eigenvalue weighted by atomic mass is 9.87. The van der Waals surface area contributed by atoms with Crippen molar-refractivity contribution in [1.29, 1.82) is 0 Å². The van der Waals surface area contributed by atoms with E-state index in [1.807, 2.05) is 12.1 Å². The Bertz CT molecular complexity index is 662. The van der Waals surface area contributed by atoms with Crippen LogP contribution in [0.3, 0.4) is 0 Å². The minimum Gasteiger partial charge on any atom is -0.508 e. The second kappa shape index (κ2) is 6.48. The zero-order valence-electron chi connectivity index (χ0n) is 13.1. The number of benzene rings is 2. The molecular weight excluding hydrogens is 274 g/mol. The molecule has 1 amide bonds. The first-order valence-electron chi connectivity index (χ1n) is 7.23. The summed E-state index contributed by atoms with van der Waals surface area (Å²) in [5.74, 6) is -0.0296. The molecule has 2 N–H and O–H groups in total. The number of hydrogen-bond donors (Lipinski definition) is 2. The molecule has 2 aromatic rings. The van der Waals surface area contributed by atoms with Crippen LogP contribution in [0.1, 0.15) is 31.9 Å². The van der Waals surface area contributed by atoms with Gasteiger partial charge in [0.1, 0.15) is 5.75 Å². The molecule has 0 aliphatic heterocycles. The molecule has 2 rings (SSSR count). The number of carbonyl (C=O) groups is 1. The highest BCUT2D eigenvalue weighted by Crippen LogP contribution is 2.22. The van der Waals surface area contributed by atoms with Crippen molar-refractivity contribution >= 4 is 17.7 Å². The van der Waals surface area contributed by atoms with E-state index in [1.165, 1.54) is 23.8 Å². The number of hydrogen-bond acceptors (Lipinski definition) is 2. The van der Waals surface area contributed by atoms with Crippen molar-refractivity contribution in [2.75, 3.05) is 5.32 Å². The summed E-state index contributed by atoms with van der Waals surface area (Å²) in [4.78, 5) is 11.8. The molecule has 3 heteroatoms. The first-order chi connectivity index (χ1) is 10.3. The summed E-state index contributed by atoms with van der Waals surface area (Å²) in [6, 6.07) is 14.5. The predicted octanol–water partition coefficient (Wildman–Crippen LogP) is 4.34. The van der Waals surface area contributed by atoms with Crippen molar-refractivity contribution in [3.05, 3.63) is 65.7 Å². The molecule has 3 nitrogen and oxygen atoms in total. The molecule has 0 saturated heterocycles. The topological polar surface area (TPSA) is 49.3 Å². The molecule has 0 radical (unpaired) electrons. The van der Waals surface area contributed by atoms with Gasteiger partial charge in [0.25, 0.3) is 0 Å². The van der Waals surface area contributed by atoms with E-state index >= 15 is 0 Å². The second-order valence-corrected chi connectivity index (χ2v) is 6.24. The quantitative estimate of drug-likeness (QED) is 0.653. The Balaban J connectivity index is 1.99. The van der Waals surface area contributed by atoms with E-state index in [9.17, 15) is 9.90 Å². The molecule has 0 heterocycles. The molecule has 0 aliphatic carbocycles. The molecule has 0 saturated carbocycles. The highest BCUT2D eigenvalue weighted by Gasteiger charge is 2.12. The summed E-state index contributed by atoms with van der Waals surface area (Å²) >= 11 is 0. The van der Waals surface area contributed by atoms with Gasteiger partial charge >= 0.3 is 0 Å². The normalized spacial score (nSPS) is 11.6. The van der Waals surface area contributed by atoms with Gasteiger partial charge in [0, 0.05) is 11.8 Å². The molecule has 0 aliphatic rings. The number of phenolic OH excluding ortho intramolecular Hbond substituents is 1. The van der Waals surface area contributed by atoms with E-state index in [2.05, 4.69) is 38.2 Å². The summed E-state index contributed by atoms with van der Waals surface area (Å²) in [5.41, 5.74) is 3.01. The van der Waals surface area contributed by atoms with E-state index in [-0.39, 0.29) is 17.1 Å². The van der Waals surface area contributed by atoms with Gasteiger partial charge in [0.05, 0.1) is 0 Å². The lowest BCUT2D eigenvalue weighted by Crippen LogP contribution is -2.10. The SMILES string of the molecule is CC(C)(C)c1ccc(/C=C/C(=O)Nc2ccc(O)cc2)cc1. The Morgan fingerprint density at radius 1 is 1.00 bits per heavy atom. The summed E-state index contributed by atoms with van der Waals surface area (Å²) < 4.78 is 0. The van der Waals surface area contributed by atoms with Crippen molar-refractivity contribution < 1.29 is 9.90 Å². The first kappa shape index (κ1) is 15.8. The van der Waals surface area contributed by atoms with Gasteiger partial charge in [0.15, 0.2) is 0 Å². The van der Waals surface area contributed by atoms with E-state index in [0.717, 1.165) is 5.56 Å². The number of nitrogens with one attached hydrogen (secondary N) is 1. The molecule has 0 bridgehead atoms. The number of aromatic hydroxyl groups is 1. The lowest BCUT2D eigenvalue weighted by molar-refractivity contribution is -0.111. The van der Waals surface area contributed by atoms with Gasteiger partial charge in [-0.1, -0.05) is 45.0 Å². The summed E-state index contributed by atoms with van der Waals surface area (Å²) in [7, 11) is 0. The Labute approximate surface area is 131 Å². The minimum atomic E-state index is -0.203. The Hall–Kier alpha value is -2.55. The maximum atomic E-state index is 11.8. The zero-order valence-corrected chi connectivity index (χ0v) is 13.1. The summed E-state index contributed by atoms with van der Waals surface area (Å²) in [5, 5.41) is 11.9. The van der Waals surface area contributed by atoms with Gasteiger partial charge in [-0.3, -0.25) is 4.79 Å². The Morgan fingerprint density at radius 2 is 1.59 bits per heavy atom. The van der Waals surface area contributed by atoms with Crippen LogP contribution < -0.4 is 5.32 Å². The average molecular weight is 295 g/mol. The van der Waals surface area contributed by atoms with Crippen LogP contribution in [0.5, 0.6) is 5.75 Å². The molecule has 114 valence electrons. The third kappa shape index (κ3) is 4.48. The van der Waals surface area contributed by atoms with E-state index in [1.54, 1.807) is 18.2 Å². The third-order valence-corrected chi connectivity index (χ3v) is 3.34. The summed E-state index contributed by atoms with van der Waals surface area (Å²) in [6.07, 6.45) is 3.28. The van der Waals surface area contributed by atoms with Gasteiger partial charge in [-0.15, -0.1) is 0 Å². The molecular formula is C19H21NO2. The van der Waals surface area contributed by atoms with Crippen LogP contribution in [0.2, 0.25) is 0 Å². The van der Waals surface area contributed by atoms with Gasteiger partial charge in [-0.2, -0.15) is 0 Å². The van der Waals surface area contributed by atoms with Crippen LogP contribution in [0, 0.1) is 0 Å². The van der Waals surface area contributed by atoms with Crippen molar-refractivity contribution in [3.8, 4) is 5.75 Å². The number of carbonyl (C=O) groups excluding carboxylic acids is 1. The fraction of sp³-hybridized carbons (Fsp3) is 0.211.